The molecule has 3 aromatic heterocycles. The van der Waals surface area contributed by atoms with Crippen LogP contribution in [0.4, 0.5) is 8.78 Å². The molecule has 1 unspecified atom stereocenters. The van der Waals surface area contributed by atoms with Crippen molar-refractivity contribution in [1.29, 1.82) is 5.41 Å². The zero-order valence-corrected chi connectivity index (χ0v) is 79.7. The van der Waals surface area contributed by atoms with E-state index in [4.69, 9.17) is 22.6 Å². The van der Waals surface area contributed by atoms with Crippen LogP contribution in [0.15, 0.2) is 96.9 Å². The zero-order valence-electron chi connectivity index (χ0n) is 78.0. The summed E-state index contributed by atoms with van der Waals surface area (Å²) in [5.41, 5.74) is 18.7. The van der Waals surface area contributed by atoms with E-state index >= 15 is 38.4 Å². The normalized spacial score (nSPS) is 24.1. The molecular weight excluding hydrogens is 1820 g/mol. The Morgan fingerprint density at radius 3 is 1.71 bits per heavy atom. The summed E-state index contributed by atoms with van der Waals surface area (Å²) in [4.78, 5) is 267. The van der Waals surface area contributed by atoms with Gasteiger partial charge in [0.05, 0.1) is 31.7 Å². The van der Waals surface area contributed by atoms with Crippen LogP contribution in [0.5, 0.6) is 0 Å². The Kier molecular flexibility index (Phi) is 40.5. The number of guanidine groups is 1. The number of aromatic nitrogens is 3. The highest BCUT2D eigenvalue weighted by Gasteiger charge is 2.46. The number of benzene rings is 3. The van der Waals surface area contributed by atoms with E-state index < -0.39 is 235 Å². The van der Waals surface area contributed by atoms with Gasteiger partial charge in [0.1, 0.15) is 84.6 Å². The first-order valence-electron chi connectivity index (χ1n) is 45.9. The molecule has 6 aromatic rings. The lowest BCUT2D eigenvalue weighted by molar-refractivity contribution is -0.149. The number of hydrogen-bond donors (Lipinski definition) is 18. The molecule has 45 heteroatoms. The fourth-order valence-electron chi connectivity index (χ4n) is 16.8. The number of likely N-dealkylation sites (N-methyl/N-ethyl adjacent to an activating group) is 3. The number of aromatic amines is 2. The van der Waals surface area contributed by atoms with Crippen LogP contribution in [0, 0.1) is 11.3 Å². The highest BCUT2D eigenvalue weighted by atomic mass is 32.2. The number of hydrogen-bond acceptors (Lipinski definition) is 22. The van der Waals surface area contributed by atoms with E-state index in [2.05, 4.69) is 73.4 Å². The van der Waals surface area contributed by atoms with Gasteiger partial charge in [0, 0.05) is 111 Å². The molecule has 21 N–H and O–H groups in total. The van der Waals surface area contributed by atoms with Crippen LogP contribution in [0.1, 0.15) is 159 Å². The van der Waals surface area contributed by atoms with E-state index in [1.54, 1.807) is 55.8 Å². The molecule has 3 aromatic carbocycles. The van der Waals surface area contributed by atoms with Crippen molar-refractivity contribution in [3.05, 3.63) is 125 Å². The van der Waals surface area contributed by atoms with Crippen LogP contribution in [0.2, 0.25) is 0 Å². The number of aliphatic hydroxyl groups excluding tert-OH is 1. The molecule has 41 nitrogen and oxygen atoms in total. The Labute approximate surface area is 799 Å². The smallest absolute Gasteiger partial charge is 0.263 e. The molecule has 0 bridgehead atoms. The van der Waals surface area contributed by atoms with Gasteiger partial charge in [-0.2, -0.15) is 0 Å². The quantitative estimate of drug-likeness (QED) is 0.0184. The number of rotatable bonds is 27. The Hall–Kier alpha value is -13.2. The topological polar surface area (TPSA) is 605 Å². The lowest BCUT2D eigenvalue weighted by Crippen LogP contribution is -2.62. The molecule has 137 heavy (non-hydrogen) atoms. The van der Waals surface area contributed by atoms with Crippen molar-refractivity contribution in [3.8, 4) is 0 Å². The number of thiophene rings is 1. The number of halogens is 2. The molecule has 9 rings (SSSR count). The predicted octanol–water partition coefficient (Wildman–Crippen LogP) is 0.0658. The van der Waals surface area contributed by atoms with Gasteiger partial charge < -0.3 is 115 Å². The molecule has 0 aliphatic carbocycles. The van der Waals surface area contributed by atoms with Crippen LogP contribution < -0.4 is 75.7 Å². The van der Waals surface area contributed by atoms with Gasteiger partial charge in [0.15, 0.2) is 5.96 Å². The lowest BCUT2D eigenvalue weighted by Gasteiger charge is -2.36. The first kappa shape index (κ1) is 107. The Balaban J connectivity index is 1.10. The van der Waals surface area contributed by atoms with E-state index in [1.807, 2.05) is 32.0 Å². The number of imidazole rings is 1. The van der Waals surface area contributed by atoms with Crippen molar-refractivity contribution in [3.63, 3.8) is 0 Å². The van der Waals surface area contributed by atoms with Crippen LogP contribution in [0.3, 0.4) is 0 Å². The molecule has 3 fully saturated rings. The second-order valence-corrected chi connectivity index (χ2v) is 37.0. The van der Waals surface area contributed by atoms with E-state index in [9.17, 15) is 57.0 Å². The summed E-state index contributed by atoms with van der Waals surface area (Å²) < 4.78 is 28.7. The van der Waals surface area contributed by atoms with Crippen LogP contribution >= 0.6 is 23.1 Å². The summed E-state index contributed by atoms with van der Waals surface area (Å²) in [5, 5.41) is 51.4. The first-order valence-corrected chi connectivity index (χ1v) is 47.9. The summed E-state index contributed by atoms with van der Waals surface area (Å²) in [6.07, 6.45) is 1.31. The standard InChI is InChI=1S/C92H127F2N23O18S2/c1-9-11-24-69-84(128)105-60(23-17-33-100-92(97)98)80(124)112-68(79(123)102-44-75(96)120)47-136-48-76(121)104-64(37-52-29-31-53(32-30-52)77(93)94)87(131)113(6)51(5)78(122)108-66(41-74(95)119)90(134)117-35-19-27-71(117)86(130)107-62(40-56-43-99-49-103-56)82(126)109-63(36-50(3)4)89(133)116-34-18-26-70(116)85(129)106-61(38-54-42-101-59-22-15-13-20-57(54)59)81(125)111-67(45-118)83(127)110-65(39-55-46-137-73-28-16-14-21-58(55)73)88(132)115(8)72(25-12-10-2)91(135)114(69)7/h13-16,20-22,28-32,42-43,46,49-51,60-72,77,101,118H,9-12,17-19,23-27,33-41,44-45,47-48H2,1-8H3,(H2,95,119)(H2,96,120)(H,99,103)(H,102,123)(H,104,121)(H,105,128)(H,106,129)(H,107,130)(H,108,122)(H,109,126)(H,110,127)(H,111,125)(H,112,124)(H4,97,98,100)/t51-,60-,61-,62-,63-,64-,65-,66-,67-,68-,69-,70-,71-,72?/m0/s1. The summed E-state index contributed by atoms with van der Waals surface area (Å²) in [7, 11) is 3.87. The number of nitrogens with one attached hydrogen (secondary N) is 14. The molecule has 14 atom stereocenters. The first-order chi connectivity index (χ1) is 65.3. The number of fused-ring (bicyclic) bond motifs is 4. The fraction of sp³-hybridized carbons (Fsp3) is 0.533. The summed E-state index contributed by atoms with van der Waals surface area (Å²) >= 11 is 2.07. The van der Waals surface area contributed by atoms with E-state index in [-0.39, 0.29) is 114 Å². The van der Waals surface area contributed by atoms with E-state index in [1.165, 1.54) is 69.0 Å². The Morgan fingerprint density at radius 2 is 1.10 bits per heavy atom. The van der Waals surface area contributed by atoms with Gasteiger partial charge in [-0.1, -0.05) is 114 Å². The van der Waals surface area contributed by atoms with Gasteiger partial charge in [0.2, 0.25) is 100 Å². The van der Waals surface area contributed by atoms with Crippen molar-refractivity contribution in [2.75, 3.05) is 65.4 Å². The van der Waals surface area contributed by atoms with Gasteiger partial charge in [0.25, 0.3) is 6.43 Å². The van der Waals surface area contributed by atoms with Gasteiger partial charge >= 0.3 is 0 Å². The zero-order chi connectivity index (χ0) is 100. The third-order valence-electron chi connectivity index (χ3n) is 24.5. The molecular formula is C92H127F2N23O18S2. The third kappa shape index (κ3) is 30.1. The van der Waals surface area contributed by atoms with E-state index in [0.29, 0.717) is 58.8 Å². The average molecular weight is 1950 g/mol. The molecule has 3 saturated heterocycles. The highest BCUT2D eigenvalue weighted by Crippen LogP contribution is 2.30. The Morgan fingerprint density at radius 1 is 0.555 bits per heavy atom. The summed E-state index contributed by atoms with van der Waals surface area (Å²) in [6, 6.07) is -2.42. The SMILES string of the molecule is CCCCC1C(=O)N(C)[C@@H](CCCC)C(=O)N[C@@H](CCCNC(=N)N)C(=O)N[C@H](C(=O)NCC(N)=O)CSCC(=O)N[C@@H](Cc2ccc(C(F)F)cc2)C(=O)N(C)[C@@H](C)C(=O)N[C@@H](CC(N)=O)C(=O)N2CCC[C@H]2C(=O)N[C@@H](Cc2cnc[nH]2)C(=O)N[C@@H](CC(C)C)C(=O)N2CCC[C@H]2C(=O)N[C@@H](Cc2c[nH]c3ccccc23)C(=O)N[C@@H](CO)C(=O)N[C@@H](Cc2csc3ccccc23)C(=O)N1C. The maximum atomic E-state index is 15.8. The lowest BCUT2D eigenvalue weighted by atomic mass is 10.00. The molecule has 744 valence electrons. The molecule has 17 amide bonds. The van der Waals surface area contributed by atoms with Crippen LogP contribution in [-0.4, -0.2) is 301 Å². The Bertz CT molecular complexity index is 5280. The number of unbranched alkanes of at least 4 members (excludes halogenated alkanes) is 2. The number of aliphatic hydroxyl groups is 1. The van der Waals surface area contributed by atoms with Gasteiger partial charge in [-0.25, -0.2) is 13.8 Å². The second-order valence-electron chi connectivity index (χ2n) is 35.0. The number of H-pyrrole nitrogens is 2. The second kappa shape index (κ2) is 51.7. The van der Waals surface area contributed by atoms with Gasteiger partial charge in [-0.3, -0.25) is 86.9 Å². The number of thioether (sulfide) groups is 1. The van der Waals surface area contributed by atoms with Crippen molar-refractivity contribution >= 4 is 150 Å². The van der Waals surface area contributed by atoms with Crippen LogP contribution in [-0.2, 0) is 107 Å². The number of para-hydroxylation sites is 1. The maximum Gasteiger partial charge on any atom is 0.263 e. The minimum atomic E-state index is -2.90. The maximum absolute atomic E-state index is 15.8. The molecule has 6 heterocycles. The predicted molar refractivity (Wildman–Crippen MR) is 505 cm³/mol. The van der Waals surface area contributed by atoms with Crippen molar-refractivity contribution in [2.45, 2.75) is 241 Å². The van der Waals surface area contributed by atoms with Crippen molar-refractivity contribution < 1.29 is 95.4 Å². The molecule has 0 radical (unpaired) electrons. The van der Waals surface area contributed by atoms with E-state index in [0.717, 1.165) is 48.2 Å². The fourth-order valence-corrected chi connectivity index (χ4v) is 18.7. The highest BCUT2D eigenvalue weighted by molar-refractivity contribution is 8.00. The van der Waals surface area contributed by atoms with Crippen molar-refractivity contribution in [1.82, 2.24) is 97.9 Å². The van der Waals surface area contributed by atoms with Crippen molar-refractivity contribution in [2.24, 2.45) is 23.1 Å². The number of carbonyl (C=O) groups excluding carboxylic acids is 17. The number of alkyl halides is 2. The van der Waals surface area contributed by atoms with Crippen LogP contribution in [0.25, 0.3) is 21.0 Å². The minimum absolute atomic E-state index is 0.00375. The molecule has 3 aliphatic heterocycles. The summed E-state index contributed by atoms with van der Waals surface area (Å²) in [5.74, 6) is -17.7. The summed E-state index contributed by atoms with van der Waals surface area (Å²) in [6.45, 7) is 6.50. The monoisotopic (exact) mass is 1940 g/mol. The largest absolute Gasteiger partial charge is 0.394 e. The number of nitrogens with zero attached hydrogens (tertiary/aromatic N) is 6. The van der Waals surface area contributed by atoms with Gasteiger partial charge in [-0.15, -0.1) is 23.1 Å². The number of primary amides is 2. The molecule has 0 spiro atoms. The molecule has 0 saturated carbocycles. The molecule has 3 aliphatic rings. The number of nitrogens with two attached hydrogens (primary N) is 3. The number of carbonyl (C=O) groups is 17. The number of amides is 17. The van der Waals surface area contributed by atoms with Gasteiger partial charge in [-0.05, 0) is 110 Å². The minimum Gasteiger partial charge on any atom is -0.394 e. The third-order valence-corrected chi connectivity index (χ3v) is 26.5. The average Bonchev–Trinajstić information content (AvgIpc) is 1.80.